The Hall–Kier alpha value is -4.09. The first-order valence-electron chi connectivity index (χ1n) is 21.4. The summed E-state index contributed by atoms with van der Waals surface area (Å²) in [5, 5.41) is 9.12. The predicted molar refractivity (Wildman–Crippen MR) is 246 cm³/mol. The van der Waals surface area contributed by atoms with Crippen molar-refractivity contribution in [2.45, 2.75) is 86.3 Å². The Kier molecular flexibility index (Phi) is 19.8. The molecule has 17 nitrogen and oxygen atoms in total. The zero-order valence-corrected chi connectivity index (χ0v) is 39.9. The zero-order valence-electron chi connectivity index (χ0n) is 37.4. The Labute approximate surface area is 383 Å². The summed E-state index contributed by atoms with van der Waals surface area (Å²) in [5.41, 5.74) is 2.67. The highest BCUT2D eigenvalue weighted by molar-refractivity contribution is 7.86. The molecule has 0 aliphatic carbocycles. The summed E-state index contributed by atoms with van der Waals surface area (Å²) in [5.74, 6) is -1.41. The maximum absolute atomic E-state index is 12.2. The van der Waals surface area contributed by atoms with Crippen LogP contribution in [0.3, 0.4) is 0 Å². The van der Waals surface area contributed by atoms with E-state index >= 15 is 0 Å². The number of methoxy groups -OCH3 is 1. The van der Waals surface area contributed by atoms with Crippen molar-refractivity contribution < 1.29 is 72.3 Å². The molecule has 0 saturated heterocycles. The molecule has 2 atom stereocenters. The molecule has 0 amide bonds. The highest BCUT2D eigenvalue weighted by Crippen LogP contribution is 2.50. The molecule has 2 aromatic carbocycles. The quantitative estimate of drug-likeness (QED) is 0.0303. The van der Waals surface area contributed by atoms with Crippen LogP contribution < -0.4 is 4.90 Å². The lowest BCUT2D eigenvalue weighted by Crippen LogP contribution is -2.32. The molecular formula is C45H63N2O15S3+. The van der Waals surface area contributed by atoms with Gasteiger partial charge in [0.15, 0.2) is 5.71 Å². The predicted octanol–water partition coefficient (Wildman–Crippen LogP) is 6.29. The molecule has 4 rings (SSSR count). The minimum absolute atomic E-state index is 0.0165. The average Bonchev–Trinajstić information content (AvgIpc) is 3.60. The van der Waals surface area contributed by atoms with E-state index < -0.39 is 52.9 Å². The summed E-state index contributed by atoms with van der Waals surface area (Å²) in [4.78, 5) is 12.7. The van der Waals surface area contributed by atoms with Gasteiger partial charge in [-0.1, -0.05) is 30.4 Å². The number of allylic oxidation sites excluding steroid dienone is 8. The van der Waals surface area contributed by atoms with Crippen LogP contribution in [-0.4, -0.2) is 132 Å². The molecule has 0 fully saturated rings. The van der Waals surface area contributed by atoms with E-state index in [1.165, 1.54) is 24.3 Å². The van der Waals surface area contributed by atoms with E-state index in [9.17, 15) is 43.7 Å². The van der Waals surface area contributed by atoms with Gasteiger partial charge in [-0.25, -0.2) is 0 Å². The minimum Gasteiger partial charge on any atom is -0.481 e. The van der Waals surface area contributed by atoms with Crippen molar-refractivity contribution in [1.82, 2.24) is 0 Å². The van der Waals surface area contributed by atoms with E-state index in [-0.39, 0.29) is 29.1 Å². The van der Waals surface area contributed by atoms with Crippen LogP contribution in [0.4, 0.5) is 11.4 Å². The van der Waals surface area contributed by atoms with E-state index in [1.54, 1.807) is 37.5 Å². The number of hydrogen-bond donors (Lipinski definition) is 4. The van der Waals surface area contributed by atoms with Gasteiger partial charge in [0, 0.05) is 67.6 Å². The minimum atomic E-state index is -4.59. The van der Waals surface area contributed by atoms with Crippen LogP contribution >= 0.6 is 0 Å². The molecule has 20 heteroatoms. The molecule has 65 heavy (non-hydrogen) atoms. The SMILES string of the molecule is CCN1/C(=C/C=C/C=C/C=C/C2=[N+](CCCCCC(=O)O)c3ccc(S(=O)(=O)O)cc3C2(C)CCCS(=O)(=O)O)C(C)(CCOCCOCCOCCOC)c2cc(S(=O)(=O)O)ccc21. The van der Waals surface area contributed by atoms with Crippen LogP contribution in [0.15, 0.2) is 94.4 Å². The summed E-state index contributed by atoms with van der Waals surface area (Å²) in [6.07, 6.45) is 15.3. The van der Waals surface area contributed by atoms with Gasteiger partial charge in [0.05, 0.1) is 60.6 Å². The smallest absolute Gasteiger partial charge is 0.303 e. The lowest BCUT2D eigenvalue weighted by atomic mass is 9.76. The average molecular weight is 968 g/mol. The van der Waals surface area contributed by atoms with E-state index in [1.807, 2.05) is 49.7 Å². The highest BCUT2D eigenvalue weighted by Gasteiger charge is 2.48. The number of likely N-dealkylation sites (N-methyl/N-ethyl adjacent to an activating group) is 1. The number of rotatable bonds is 29. The van der Waals surface area contributed by atoms with Gasteiger partial charge < -0.3 is 29.0 Å². The van der Waals surface area contributed by atoms with E-state index in [0.29, 0.717) is 102 Å². The number of aliphatic carboxylic acids is 1. The third-order valence-electron chi connectivity index (χ3n) is 11.6. The lowest BCUT2D eigenvalue weighted by Gasteiger charge is -2.30. The number of carbonyl (C=O) groups is 1. The Balaban J connectivity index is 1.61. The maximum Gasteiger partial charge on any atom is 0.303 e. The molecular weight excluding hydrogens is 905 g/mol. The molecule has 0 saturated carbocycles. The van der Waals surface area contributed by atoms with Gasteiger partial charge in [0.25, 0.3) is 30.4 Å². The summed E-state index contributed by atoms with van der Waals surface area (Å²) < 4.78 is 126. The van der Waals surface area contributed by atoms with Crippen molar-refractivity contribution in [1.29, 1.82) is 0 Å². The van der Waals surface area contributed by atoms with E-state index in [2.05, 4.69) is 4.90 Å². The summed E-state index contributed by atoms with van der Waals surface area (Å²) in [6, 6.07) is 8.85. The second kappa shape index (κ2) is 24.1. The number of unbranched alkanes of at least 4 members (excludes halogenated alkanes) is 2. The third-order valence-corrected chi connectivity index (χ3v) is 14.1. The normalized spacial score (nSPS) is 19.7. The standard InChI is InChI=1S/C45H62N2O15S3/c1-5-46-39-20-18-35(64(53,54)55)33-37(39)45(3,23-25-60-28-29-62-31-30-61-27-26-59-4)41(46)15-10-7-6-8-11-16-42-44(2,22-14-32-63(50,51)52)38-34-36(65(56,57)58)19-21-40(38)47(42)24-13-9-12-17-43(48)49/h6-8,10-11,15-16,18-21,33-34H,5,9,12-14,17,22-32H2,1-4H3,(H3-,48,49,50,51,52,53,54,55,56,57,58)/p+1. The van der Waals surface area contributed by atoms with Crippen molar-refractivity contribution in [3.8, 4) is 0 Å². The van der Waals surface area contributed by atoms with Crippen LogP contribution in [0.1, 0.15) is 76.8 Å². The molecule has 2 unspecified atom stereocenters. The monoisotopic (exact) mass is 967 g/mol. The number of hydrogen-bond acceptors (Lipinski definition) is 12. The molecule has 4 N–H and O–H groups in total. The first kappa shape index (κ1) is 53.5. The van der Waals surface area contributed by atoms with Gasteiger partial charge >= 0.3 is 5.97 Å². The fraction of sp³-hybridized carbons (Fsp3) is 0.511. The van der Waals surface area contributed by atoms with E-state index in [4.69, 9.17) is 24.1 Å². The third kappa shape index (κ3) is 15.0. The maximum atomic E-state index is 12.2. The van der Waals surface area contributed by atoms with Crippen molar-refractivity contribution >= 4 is 53.4 Å². The zero-order chi connectivity index (χ0) is 47.9. The number of carboxylic acids is 1. The Morgan fingerprint density at radius 1 is 0.708 bits per heavy atom. The van der Waals surface area contributed by atoms with Crippen molar-refractivity contribution in [2.75, 3.05) is 77.1 Å². The van der Waals surface area contributed by atoms with Gasteiger partial charge in [0.1, 0.15) is 6.54 Å². The number of benzene rings is 2. The van der Waals surface area contributed by atoms with Crippen molar-refractivity contribution in [2.24, 2.45) is 0 Å². The van der Waals surface area contributed by atoms with Crippen LogP contribution in [0.25, 0.3) is 0 Å². The summed E-state index contributed by atoms with van der Waals surface area (Å²) in [6.45, 7) is 9.71. The topological polar surface area (TPSA) is 244 Å². The molecule has 0 aromatic heterocycles. The van der Waals surface area contributed by atoms with Crippen LogP contribution in [-0.2, 0) is 64.9 Å². The molecule has 360 valence electrons. The Bertz CT molecular complexity index is 2460. The van der Waals surface area contributed by atoms with Crippen molar-refractivity contribution in [3.05, 3.63) is 95.8 Å². The molecule has 2 aliphatic heterocycles. The van der Waals surface area contributed by atoms with Crippen LogP contribution in [0.2, 0.25) is 0 Å². The Morgan fingerprint density at radius 2 is 1.29 bits per heavy atom. The van der Waals surface area contributed by atoms with Crippen molar-refractivity contribution in [3.63, 3.8) is 0 Å². The Morgan fingerprint density at radius 3 is 1.89 bits per heavy atom. The fourth-order valence-corrected chi connectivity index (χ4v) is 9.79. The molecule has 0 spiro atoms. The molecule has 2 heterocycles. The largest absolute Gasteiger partial charge is 0.481 e. The second-order valence-electron chi connectivity index (χ2n) is 16.1. The summed E-state index contributed by atoms with van der Waals surface area (Å²) >= 11 is 0. The molecule has 2 aromatic rings. The fourth-order valence-electron chi connectivity index (χ4n) is 8.27. The number of ether oxygens (including phenoxy) is 4. The van der Waals surface area contributed by atoms with Gasteiger partial charge in [0.2, 0.25) is 5.69 Å². The first-order chi connectivity index (χ1) is 30.7. The molecule has 0 radical (unpaired) electrons. The number of nitrogens with zero attached hydrogens (tertiary/aromatic N) is 2. The number of anilines is 1. The van der Waals surface area contributed by atoms with Gasteiger partial charge in [-0.15, -0.1) is 0 Å². The summed E-state index contributed by atoms with van der Waals surface area (Å²) in [7, 11) is -11.8. The van der Waals surface area contributed by atoms with E-state index in [0.717, 1.165) is 16.9 Å². The number of fused-ring (bicyclic) bond motifs is 2. The number of carboxylic acid groups (broad SMARTS) is 1. The van der Waals surface area contributed by atoms with Gasteiger partial charge in [-0.2, -0.15) is 29.8 Å². The van der Waals surface area contributed by atoms with Gasteiger partial charge in [-0.3, -0.25) is 18.5 Å². The van der Waals surface area contributed by atoms with Crippen LogP contribution in [0.5, 0.6) is 0 Å². The van der Waals surface area contributed by atoms with Crippen LogP contribution in [0, 0.1) is 0 Å². The molecule has 2 aliphatic rings. The highest BCUT2D eigenvalue weighted by atomic mass is 32.2. The van der Waals surface area contributed by atoms with Gasteiger partial charge in [-0.05, 0) is 94.8 Å². The lowest BCUT2D eigenvalue weighted by molar-refractivity contribution is -0.438. The molecule has 0 bridgehead atoms. The first-order valence-corrected chi connectivity index (χ1v) is 25.9. The second-order valence-corrected chi connectivity index (χ2v) is 20.5.